The summed E-state index contributed by atoms with van der Waals surface area (Å²) in [5.74, 6) is 0.738. The summed E-state index contributed by atoms with van der Waals surface area (Å²) in [7, 11) is 1.57. The molecule has 1 aliphatic heterocycles. The summed E-state index contributed by atoms with van der Waals surface area (Å²) in [4.78, 5) is 16.0. The largest absolute Gasteiger partial charge is 0.481 e. The Kier molecular flexibility index (Phi) is 3.93. The van der Waals surface area contributed by atoms with Crippen LogP contribution in [0.3, 0.4) is 0 Å². The first kappa shape index (κ1) is 11.9. The second kappa shape index (κ2) is 5.63. The fourth-order valence-electron chi connectivity index (χ4n) is 1.90. The molecular weight excluding hydrogens is 218 g/mol. The molecule has 0 bridgehead atoms. The van der Waals surface area contributed by atoms with E-state index in [-0.39, 0.29) is 11.8 Å². The molecule has 2 rings (SSSR count). The zero-order valence-electron chi connectivity index (χ0n) is 9.90. The normalized spacial score (nSPS) is 16.5. The van der Waals surface area contributed by atoms with Gasteiger partial charge in [0.2, 0.25) is 11.8 Å². The van der Waals surface area contributed by atoms with Gasteiger partial charge in [-0.05, 0) is 32.0 Å². The maximum absolute atomic E-state index is 11.9. The van der Waals surface area contributed by atoms with E-state index in [1.54, 1.807) is 25.4 Å². The number of hydrogen-bond acceptors (Lipinski definition) is 4. The van der Waals surface area contributed by atoms with Gasteiger partial charge >= 0.3 is 0 Å². The van der Waals surface area contributed by atoms with E-state index in [1.165, 1.54) is 0 Å². The number of amides is 1. The SMILES string of the molecule is COc1ccc(NC(=O)C2CCNCC2)cn1. The van der Waals surface area contributed by atoms with Crippen LogP contribution in [-0.2, 0) is 4.79 Å². The van der Waals surface area contributed by atoms with E-state index in [9.17, 15) is 4.79 Å². The van der Waals surface area contributed by atoms with Crippen LogP contribution in [0.1, 0.15) is 12.8 Å². The van der Waals surface area contributed by atoms with Crippen molar-refractivity contribution in [3.63, 3.8) is 0 Å². The molecule has 2 N–H and O–H groups in total. The Bertz CT molecular complexity index is 372. The molecule has 1 fully saturated rings. The number of piperidine rings is 1. The summed E-state index contributed by atoms with van der Waals surface area (Å²) in [5.41, 5.74) is 0.717. The van der Waals surface area contributed by atoms with E-state index in [0.29, 0.717) is 11.6 Å². The molecule has 5 heteroatoms. The molecule has 0 aromatic carbocycles. The molecule has 92 valence electrons. The van der Waals surface area contributed by atoms with Crippen molar-refractivity contribution in [1.82, 2.24) is 10.3 Å². The predicted molar refractivity (Wildman–Crippen MR) is 65.0 cm³/mol. The van der Waals surface area contributed by atoms with Crippen LogP contribution in [0, 0.1) is 5.92 Å². The average molecular weight is 235 g/mol. The molecule has 0 atom stereocenters. The van der Waals surface area contributed by atoms with Crippen LogP contribution in [0.25, 0.3) is 0 Å². The van der Waals surface area contributed by atoms with Gasteiger partial charge in [0.25, 0.3) is 0 Å². The molecule has 1 aromatic heterocycles. The number of pyridine rings is 1. The second-order valence-corrected chi connectivity index (χ2v) is 4.10. The molecule has 1 aliphatic rings. The van der Waals surface area contributed by atoms with Crippen molar-refractivity contribution in [2.75, 3.05) is 25.5 Å². The smallest absolute Gasteiger partial charge is 0.227 e. The van der Waals surface area contributed by atoms with Gasteiger partial charge in [0.05, 0.1) is 19.0 Å². The molecule has 0 radical (unpaired) electrons. The lowest BCUT2D eigenvalue weighted by Gasteiger charge is -2.21. The van der Waals surface area contributed by atoms with Crippen LogP contribution in [0.4, 0.5) is 5.69 Å². The summed E-state index contributed by atoms with van der Waals surface area (Å²) >= 11 is 0. The maximum Gasteiger partial charge on any atom is 0.227 e. The summed E-state index contributed by atoms with van der Waals surface area (Å²) < 4.78 is 4.96. The highest BCUT2D eigenvalue weighted by Crippen LogP contribution is 2.16. The van der Waals surface area contributed by atoms with Gasteiger partial charge < -0.3 is 15.4 Å². The van der Waals surface area contributed by atoms with Crippen LogP contribution in [0.5, 0.6) is 5.88 Å². The molecule has 0 aliphatic carbocycles. The van der Waals surface area contributed by atoms with E-state index in [2.05, 4.69) is 15.6 Å². The third-order valence-corrected chi connectivity index (χ3v) is 2.92. The van der Waals surface area contributed by atoms with Crippen molar-refractivity contribution < 1.29 is 9.53 Å². The monoisotopic (exact) mass is 235 g/mol. The summed E-state index contributed by atoms with van der Waals surface area (Å²) in [6.07, 6.45) is 3.41. The summed E-state index contributed by atoms with van der Waals surface area (Å²) in [6.45, 7) is 1.83. The third kappa shape index (κ3) is 3.17. The lowest BCUT2D eigenvalue weighted by atomic mass is 9.97. The van der Waals surface area contributed by atoms with Crippen molar-refractivity contribution in [2.45, 2.75) is 12.8 Å². The Morgan fingerprint density at radius 1 is 1.47 bits per heavy atom. The fraction of sp³-hybridized carbons (Fsp3) is 0.500. The lowest BCUT2D eigenvalue weighted by molar-refractivity contribution is -0.120. The van der Waals surface area contributed by atoms with Crippen molar-refractivity contribution in [1.29, 1.82) is 0 Å². The van der Waals surface area contributed by atoms with E-state index in [1.807, 2.05) is 0 Å². The lowest BCUT2D eigenvalue weighted by Crippen LogP contribution is -2.34. The Morgan fingerprint density at radius 2 is 2.24 bits per heavy atom. The van der Waals surface area contributed by atoms with Crippen LogP contribution in [-0.4, -0.2) is 31.1 Å². The van der Waals surface area contributed by atoms with Gasteiger partial charge in [-0.2, -0.15) is 0 Å². The number of rotatable bonds is 3. The quantitative estimate of drug-likeness (QED) is 0.821. The molecule has 0 spiro atoms. The second-order valence-electron chi connectivity index (χ2n) is 4.10. The fourth-order valence-corrected chi connectivity index (χ4v) is 1.90. The first-order valence-corrected chi connectivity index (χ1v) is 5.81. The Labute approximate surface area is 101 Å². The Balaban J connectivity index is 1.92. The van der Waals surface area contributed by atoms with Crippen molar-refractivity contribution in [3.05, 3.63) is 18.3 Å². The molecular formula is C12H17N3O2. The van der Waals surface area contributed by atoms with Gasteiger partial charge in [-0.1, -0.05) is 0 Å². The van der Waals surface area contributed by atoms with Gasteiger partial charge in [-0.3, -0.25) is 4.79 Å². The van der Waals surface area contributed by atoms with E-state index in [4.69, 9.17) is 4.74 Å². The van der Waals surface area contributed by atoms with E-state index < -0.39 is 0 Å². The standard InChI is InChI=1S/C12H17N3O2/c1-17-11-3-2-10(8-14-11)15-12(16)9-4-6-13-7-5-9/h2-3,8-9,13H,4-7H2,1H3,(H,15,16). The van der Waals surface area contributed by atoms with Crippen LogP contribution in [0.15, 0.2) is 18.3 Å². The van der Waals surface area contributed by atoms with Crippen LogP contribution >= 0.6 is 0 Å². The number of methoxy groups -OCH3 is 1. The Morgan fingerprint density at radius 3 is 2.82 bits per heavy atom. The molecule has 0 saturated carbocycles. The number of carbonyl (C=O) groups is 1. The number of nitrogens with zero attached hydrogens (tertiary/aromatic N) is 1. The van der Waals surface area contributed by atoms with Crippen LogP contribution in [0.2, 0.25) is 0 Å². The minimum absolute atomic E-state index is 0.0819. The molecule has 1 aromatic rings. The highest BCUT2D eigenvalue weighted by Gasteiger charge is 2.20. The number of aromatic nitrogens is 1. The molecule has 0 unspecified atom stereocenters. The minimum Gasteiger partial charge on any atom is -0.481 e. The van der Waals surface area contributed by atoms with E-state index in [0.717, 1.165) is 25.9 Å². The molecule has 2 heterocycles. The number of ether oxygens (including phenoxy) is 1. The van der Waals surface area contributed by atoms with Gasteiger partial charge in [0.15, 0.2) is 0 Å². The number of hydrogen-bond donors (Lipinski definition) is 2. The predicted octanol–water partition coefficient (Wildman–Crippen LogP) is 1.03. The third-order valence-electron chi connectivity index (χ3n) is 2.92. The molecule has 1 saturated heterocycles. The van der Waals surface area contributed by atoms with Gasteiger partial charge in [0.1, 0.15) is 0 Å². The highest BCUT2D eigenvalue weighted by atomic mass is 16.5. The minimum atomic E-state index is 0.0819. The van der Waals surface area contributed by atoms with Gasteiger partial charge in [0, 0.05) is 12.0 Å². The van der Waals surface area contributed by atoms with Crippen LogP contribution < -0.4 is 15.4 Å². The molecule has 1 amide bonds. The first-order valence-electron chi connectivity index (χ1n) is 5.81. The summed E-state index contributed by atoms with van der Waals surface area (Å²) in [5, 5.41) is 6.12. The van der Waals surface area contributed by atoms with E-state index >= 15 is 0 Å². The molecule has 5 nitrogen and oxygen atoms in total. The highest BCUT2D eigenvalue weighted by molar-refractivity contribution is 5.92. The molecule has 17 heavy (non-hydrogen) atoms. The van der Waals surface area contributed by atoms with Gasteiger partial charge in [-0.15, -0.1) is 0 Å². The topological polar surface area (TPSA) is 63.2 Å². The number of anilines is 1. The van der Waals surface area contributed by atoms with Crippen molar-refractivity contribution in [2.24, 2.45) is 5.92 Å². The number of nitrogens with one attached hydrogen (secondary N) is 2. The summed E-state index contributed by atoms with van der Waals surface area (Å²) in [6, 6.07) is 3.53. The van der Waals surface area contributed by atoms with Gasteiger partial charge in [-0.25, -0.2) is 4.98 Å². The first-order chi connectivity index (χ1) is 8.29. The Hall–Kier alpha value is -1.62. The average Bonchev–Trinajstić information content (AvgIpc) is 2.40. The van der Waals surface area contributed by atoms with Crippen molar-refractivity contribution >= 4 is 11.6 Å². The van der Waals surface area contributed by atoms with Crippen molar-refractivity contribution in [3.8, 4) is 5.88 Å². The maximum atomic E-state index is 11.9. The zero-order valence-corrected chi connectivity index (χ0v) is 9.90. The zero-order chi connectivity index (χ0) is 12.1. The number of carbonyl (C=O) groups excluding carboxylic acids is 1.